The lowest BCUT2D eigenvalue weighted by molar-refractivity contribution is 0.306. The second-order valence-corrected chi connectivity index (χ2v) is 5.99. The number of nitrogens with one attached hydrogen (secondary N) is 1. The topological polar surface area (TPSA) is 46.5 Å². The highest BCUT2D eigenvalue weighted by atomic mass is 79.9. The first-order valence-electron chi connectivity index (χ1n) is 7.47. The minimum absolute atomic E-state index is 0.544. The summed E-state index contributed by atoms with van der Waals surface area (Å²) in [6, 6.07) is 21.6. The molecule has 3 aromatic rings. The van der Waals surface area contributed by atoms with Crippen molar-refractivity contribution in [2.75, 3.05) is 5.43 Å². The molecule has 1 heterocycles. The fourth-order valence-corrected chi connectivity index (χ4v) is 2.27. The summed E-state index contributed by atoms with van der Waals surface area (Å²) in [4.78, 5) is 4.19. The summed E-state index contributed by atoms with van der Waals surface area (Å²) < 4.78 is 6.74. The van der Waals surface area contributed by atoms with Crippen molar-refractivity contribution in [1.82, 2.24) is 4.98 Å². The molecular formula is C19H16BrN3O. The summed E-state index contributed by atoms with van der Waals surface area (Å²) in [5.74, 6) is 1.50. The second-order valence-electron chi connectivity index (χ2n) is 5.08. The fraction of sp³-hybridized carbons (Fsp3) is 0.0526. The van der Waals surface area contributed by atoms with Gasteiger partial charge < -0.3 is 4.74 Å². The quantitative estimate of drug-likeness (QED) is 0.489. The first-order chi connectivity index (χ1) is 11.8. The number of hydrazone groups is 1. The van der Waals surface area contributed by atoms with E-state index in [9.17, 15) is 0 Å². The van der Waals surface area contributed by atoms with E-state index in [1.165, 1.54) is 0 Å². The van der Waals surface area contributed by atoms with E-state index in [0.29, 0.717) is 12.4 Å². The van der Waals surface area contributed by atoms with Crippen molar-refractivity contribution < 1.29 is 4.74 Å². The number of halogens is 1. The number of aromatic nitrogens is 1. The van der Waals surface area contributed by atoms with Gasteiger partial charge in [0, 0.05) is 10.7 Å². The van der Waals surface area contributed by atoms with E-state index in [4.69, 9.17) is 4.74 Å². The molecule has 4 nitrogen and oxygen atoms in total. The van der Waals surface area contributed by atoms with Crippen molar-refractivity contribution in [1.29, 1.82) is 0 Å². The van der Waals surface area contributed by atoms with E-state index >= 15 is 0 Å². The minimum atomic E-state index is 0.544. The molecule has 0 amide bonds. The lowest BCUT2D eigenvalue weighted by Gasteiger charge is -2.06. The van der Waals surface area contributed by atoms with E-state index in [-0.39, 0.29) is 0 Å². The second kappa shape index (κ2) is 8.26. The van der Waals surface area contributed by atoms with Crippen molar-refractivity contribution in [2.45, 2.75) is 6.61 Å². The molecular weight excluding hydrogens is 366 g/mol. The van der Waals surface area contributed by atoms with Crippen molar-refractivity contribution in [2.24, 2.45) is 5.10 Å². The molecule has 1 aromatic heterocycles. The molecule has 0 saturated heterocycles. The van der Waals surface area contributed by atoms with Crippen LogP contribution in [0.3, 0.4) is 0 Å². The summed E-state index contributed by atoms with van der Waals surface area (Å²) in [5, 5.41) is 4.19. The molecule has 0 fully saturated rings. The SMILES string of the molecule is Brc1ccc(NN=Cc2cccc(OCc3ccccc3)c2)nc1. The van der Waals surface area contributed by atoms with Crippen LogP contribution in [0.1, 0.15) is 11.1 Å². The molecule has 120 valence electrons. The Labute approximate surface area is 149 Å². The Balaban J connectivity index is 1.58. The van der Waals surface area contributed by atoms with E-state index in [2.05, 4.69) is 31.4 Å². The van der Waals surface area contributed by atoms with E-state index in [1.54, 1.807) is 12.4 Å². The Morgan fingerprint density at radius 1 is 1.04 bits per heavy atom. The third kappa shape index (κ3) is 4.93. The van der Waals surface area contributed by atoms with Crippen LogP contribution >= 0.6 is 15.9 Å². The maximum absolute atomic E-state index is 5.81. The van der Waals surface area contributed by atoms with Gasteiger partial charge in [0.1, 0.15) is 18.2 Å². The lowest BCUT2D eigenvalue weighted by Crippen LogP contribution is -1.96. The van der Waals surface area contributed by atoms with Crippen molar-refractivity contribution in [3.63, 3.8) is 0 Å². The Morgan fingerprint density at radius 3 is 2.71 bits per heavy atom. The third-order valence-electron chi connectivity index (χ3n) is 3.23. The molecule has 2 aromatic carbocycles. The molecule has 0 aliphatic carbocycles. The van der Waals surface area contributed by atoms with Crippen LogP contribution in [-0.4, -0.2) is 11.2 Å². The van der Waals surface area contributed by atoms with Gasteiger partial charge in [-0.2, -0.15) is 5.10 Å². The number of rotatable bonds is 6. The van der Waals surface area contributed by atoms with E-state index in [0.717, 1.165) is 21.3 Å². The van der Waals surface area contributed by atoms with Crippen LogP contribution in [0.15, 0.2) is 82.5 Å². The number of hydrogen-bond donors (Lipinski definition) is 1. The smallest absolute Gasteiger partial charge is 0.146 e. The normalized spacial score (nSPS) is 10.7. The van der Waals surface area contributed by atoms with Crippen LogP contribution in [0.5, 0.6) is 5.75 Å². The molecule has 0 radical (unpaired) electrons. The lowest BCUT2D eigenvalue weighted by atomic mass is 10.2. The highest BCUT2D eigenvalue weighted by Crippen LogP contribution is 2.14. The maximum atomic E-state index is 5.81. The molecule has 0 atom stereocenters. The van der Waals surface area contributed by atoms with Crippen LogP contribution in [0, 0.1) is 0 Å². The molecule has 5 heteroatoms. The van der Waals surface area contributed by atoms with Gasteiger partial charge in [0.25, 0.3) is 0 Å². The zero-order valence-corrected chi connectivity index (χ0v) is 14.5. The minimum Gasteiger partial charge on any atom is -0.489 e. The maximum Gasteiger partial charge on any atom is 0.146 e. The van der Waals surface area contributed by atoms with Crippen LogP contribution in [0.2, 0.25) is 0 Å². The zero-order valence-electron chi connectivity index (χ0n) is 12.9. The molecule has 0 bridgehead atoms. The molecule has 1 N–H and O–H groups in total. The Bertz CT molecular complexity index is 804. The summed E-state index contributed by atoms with van der Waals surface area (Å²) in [7, 11) is 0. The van der Waals surface area contributed by atoms with E-state index in [1.807, 2.05) is 66.7 Å². The van der Waals surface area contributed by atoms with Gasteiger partial charge in [-0.15, -0.1) is 0 Å². The van der Waals surface area contributed by atoms with Gasteiger partial charge in [0.15, 0.2) is 0 Å². The molecule has 0 aliphatic rings. The molecule has 0 aliphatic heterocycles. The Kier molecular flexibility index (Phi) is 5.58. The molecule has 0 saturated carbocycles. The van der Waals surface area contributed by atoms with Crippen molar-refractivity contribution >= 4 is 28.0 Å². The fourth-order valence-electron chi connectivity index (χ4n) is 2.04. The third-order valence-corrected chi connectivity index (χ3v) is 3.70. The van der Waals surface area contributed by atoms with E-state index < -0.39 is 0 Å². The first-order valence-corrected chi connectivity index (χ1v) is 8.26. The molecule has 3 rings (SSSR count). The summed E-state index contributed by atoms with van der Waals surface area (Å²) in [6.07, 6.45) is 3.45. The largest absolute Gasteiger partial charge is 0.489 e. The number of benzene rings is 2. The van der Waals surface area contributed by atoms with Crippen molar-refractivity contribution in [3.8, 4) is 5.75 Å². The van der Waals surface area contributed by atoms with Gasteiger partial charge >= 0.3 is 0 Å². The predicted molar refractivity (Wildman–Crippen MR) is 100 cm³/mol. The van der Waals surface area contributed by atoms with Gasteiger partial charge in [-0.3, -0.25) is 5.43 Å². The summed E-state index contributed by atoms with van der Waals surface area (Å²) in [6.45, 7) is 0.544. The van der Waals surface area contributed by atoms with Crippen LogP contribution < -0.4 is 10.2 Å². The van der Waals surface area contributed by atoms with Crippen LogP contribution in [0.25, 0.3) is 0 Å². The summed E-state index contributed by atoms with van der Waals surface area (Å²) >= 11 is 3.35. The van der Waals surface area contributed by atoms with Gasteiger partial charge in [-0.05, 0) is 51.3 Å². The number of hydrogen-bond acceptors (Lipinski definition) is 4. The Morgan fingerprint density at radius 2 is 1.92 bits per heavy atom. The molecule has 24 heavy (non-hydrogen) atoms. The number of anilines is 1. The number of pyridine rings is 1. The molecule has 0 spiro atoms. The van der Waals surface area contributed by atoms with Gasteiger partial charge in [-0.25, -0.2) is 4.98 Å². The van der Waals surface area contributed by atoms with Crippen molar-refractivity contribution in [3.05, 3.63) is 88.5 Å². The highest BCUT2D eigenvalue weighted by molar-refractivity contribution is 9.10. The highest BCUT2D eigenvalue weighted by Gasteiger charge is 1.97. The summed E-state index contributed by atoms with van der Waals surface area (Å²) in [5.41, 5.74) is 4.98. The van der Waals surface area contributed by atoms with Crippen LogP contribution in [0.4, 0.5) is 5.82 Å². The monoisotopic (exact) mass is 381 g/mol. The zero-order chi connectivity index (χ0) is 16.6. The number of nitrogens with zero attached hydrogens (tertiary/aromatic N) is 2. The molecule has 0 unspecified atom stereocenters. The number of ether oxygens (including phenoxy) is 1. The standard InChI is InChI=1S/C19H16BrN3O/c20-17-9-10-19(21-13-17)23-22-12-16-7-4-8-18(11-16)24-14-15-5-2-1-3-6-15/h1-13H,14H2,(H,21,23). The predicted octanol–water partition coefficient (Wildman–Crippen LogP) is 4.87. The average molecular weight is 382 g/mol. The van der Waals surface area contributed by atoms with Gasteiger partial charge in [-0.1, -0.05) is 42.5 Å². The Hall–Kier alpha value is -2.66. The van der Waals surface area contributed by atoms with Crippen LogP contribution in [-0.2, 0) is 6.61 Å². The van der Waals surface area contributed by atoms with Gasteiger partial charge in [0.05, 0.1) is 6.21 Å². The first kappa shape index (κ1) is 16.2. The average Bonchev–Trinajstić information content (AvgIpc) is 2.63. The van der Waals surface area contributed by atoms with Gasteiger partial charge in [0.2, 0.25) is 0 Å².